The van der Waals surface area contributed by atoms with Gasteiger partial charge in [0.05, 0.1) is 5.69 Å². The number of halogens is 2. The van der Waals surface area contributed by atoms with E-state index in [-0.39, 0.29) is 0 Å². The van der Waals surface area contributed by atoms with Crippen molar-refractivity contribution in [3.63, 3.8) is 0 Å². The molecule has 2 rings (SSSR count). The molecule has 0 unspecified atom stereocenters. The van der Waals surface area contributed by atoms with Gasteiger partial charge >= 0.3 is 0 Å². The third-order valence-corrected chi connectivity index (χ3v) is 3.86. The highest BCUT2D eigenvalue weighted by Gasteiger charge is 2.06. The van der Waals surface area contributed by atoms with Crippen molar-refractivity contribution in [1.29, 1.82) is 0 Å². The molecule has 2 aromatic rings. The minimum Gasteiger partial charge on any atom is -0.240 e. The second-order valence-corrected chi connectivity index (χ2v) is 5.40. The molecule has 14 heavy (non-hydrogen) atoms. The highest BCUT2D eigenvalue weighted by atomic mass is 79.9. The minimum absolute atomic E-state index is 0.767. The summed E-state index contributed by atoms with van der Waals surface area (Å²) in [6.45, 7) is 1.92. The van der Waals surface area contributed by atoms with Crippen LogP contribution in [0, 0.1) is 6.92 Å². The van der Waals surface area contributed by atoms with Crippen LogP contribution in [0.3, 0.4) is 0 Å². The van der Waals surface area contributed by atoms with Crippen molar-refractivity contribution in [2.45, 2.75) is 6.92 Å². The van der Waals surface area contributed by atoms with E-state index in [1.807, 2.05) is 31.2 Å². The number of hydrogen-bond acceptors (Lipinski definition) is 2. The molecule has 0 saturated carbocycles. The molecule has 0 aliphatic heterocycles. The standard InChI is InChI=1S/C10H7BrClNS/c1-6-9(12)14-10(13-6)7-2-4-8(11)5-3-7/h2-5H,1H3. The van der Waals surface area contributed by atoms with Crippen molar-refractivity contribution in [3.8, 4) is 10.6 Å². The largest absolute Gasteiger partial charge is 0.240 e. The van der Waals surface area contributed by atoms with Crippen LogP contribution in [0.1, 0.15) is 5.69 Å². The zero-order valence-electron chi connectivity index (χ0n) is 7.42. The average molecular weight is 289 g/mol. The van der Waals surface area contributed by atoms with E-state index in [0.29, 0.717) is 0 Å². The van der Waals surface area contributed by atoms with Crippen LogP contribution in [0.2, 0.25) is 4.34 Å². The minimum atomic E-state index is 0.767. The number of hydrogen-bond donors (Lipinski definition) is 0. The van der Waals surface area contributed by atoms with E-state index < -0.39 is 0 Å². The summed E-state index contributed by atoms with van der Waals surface area (Å²) in [5.41, 5.74) is 2.00. The smallest absolute Gasteiger partial charge is 0.125 e. The van der Waals surface area contributed by atoms with Gasteiger partial charge < -0.3 is 0 Å². The first kappa shape index (κ1) is 10.1. The van der Waals surface area contributed by atoms with Crippen LogP contribution in [0.15, 0.2) is 28.7 Å². The van der Waals surface area contributed by atoms with Crippen molar-refractivity contribution in [1.82, 2.24) is 4.98 Å². The summed E-state index contributed by atoms with van der Waals surface area (Å²) in [5, 5.41) is 0.972. The number of rotatable bonds is 1. The highest BCUT2D eigenvalue weighted by molar-refractivity contribution is 9.10. The lowest BCUT2D eigenvalue weighted by molar-refractivity contribution is 1.27. The molecular weight excluding hydrogens is 282 g/mol. The maximum absolute atomic E-state index is 5.96. The molecular formula is C10H7BrClNS. The first-order valence-corrected chi connectivity index (χ1v) is 6.04. The Morgan fingerprint density at radius 1 is 1.29 bits per heavy atom. The number of aromatic nitrogens is 1. The van der Waals surface area contributed by atoms with Gasteiger partial charge in [-0.3, -0.25) is 0 Å². The van der Waals surface area contributed by atoms with Crippen molar-refractivity contribution >= 4 is 38.9 Å². The summed E-state index contributed by atoms with van der Waals surface area (Å²) in [5.74, 6) is 0. The third kappa shape index (κ3) is 2.00. The first-order valence-electron chi connectivity index (χ1n) is 4.05. The van der Waals surface area contributed by atoms with E-state index in [4.69, 9.17) is 11.6 Å². The van der Waals surface area contributed by atoms with Gasteiger partial charge in [-0.1, -0.05) is 39.7 Å². The number of aryl methyl sites for hydroxylation is 1. The van der Waals surface area contributed by atoms with Gasteiger partial charge in [-0.05, 0) is 19.1 Å². The summed E-state index contributed by atoms with van der Waals surface area (Å²) in [6, 6.07) is 8.05. The molecule has 0 amide bonds. The maximum atomic E-state index is 5.96. The maximum Gasteiger partial charge on any atom is 0.125 e. The lowest BCUT2D eigenvalue weighted by atomic mass is 10.2. The van der Waals surface area contributed by atoms with Gasteiger partial charge in [-0.15, -0.1) is 11.3 Å². The van der Waals surface area contributed by atoms with Crippen LogP contribution in [-0.2, 0) is 0 Å². The molecule has 0 atom stereocenters. The molecule has 0 N–H and O–H groups in total. The summed E-state index contributed by atoms with van der Waals surface area (Å²) < 4.78 is 1.84. The molecule has 0 saturated heterocycles. The topological polar surface area (TPSA) is 12.9 Å². The summed E-state index contributed by atoms with van der Waals surface area (Å²) in [4.78, 5) is 4.38. The van der Waals surface area contributed by atoms with Crippen LogP contribution < -0.4 is 0 Å². The van der Waals surface area contributed by atoms with Crippen molar-refractivity contribution in [2.24, 2.45) is 0 Å². The molecule has 0 aliphatic rings. The molecule has 4 heteroatoms. The quantitative estimate of drug-likeness (QED) is 0.751. The normalized spacial score (nSPS) is 10.5. The Morgan fingerprint density at radius 2 is 1.93 bits per heavy atom. The van der Waals surface area contributed by atoms with E-state index in [1.165, 1.54) is 11.3 Å². The van der Waals surface area contributed by atoms with E-state index in [2.05, 4.69) is 20.9 Å². The zero-order chi connectivity index (χ0) is 10.1. The molecule has 1 nitrogen and oxygen atoms in total. The Labute approximate surface area is 99.9 Å². The van der Waals surface area contributed by atoms with Crippen molar-refractivity contribution in [3.05, 3.63) is 38.8 Å². The second kappa shape index (κ2) is 4.01. The van der Waals surface area contributed by atoms with Crippen LogP contribution >= 0.6 is 38.9 Å². The Morgan fingerprint density at radius 3 is 2.43 bits per heavy atom. The van der Waals surface area contributed by atoms with Gasteiger partial charge in [-0.2, -0.15) is 0 Å². The van der Waals surface area contributed by atoms with Gasteiger partial charge in [-0.25, -0.2) is 4.98 Å². The lowest BCUT2D eigenvalue weighted by Crippen LogP contribution is -1.76. The van der Waals surface area contributed by atoms with Gasteiger partial charge in [0.2, 0.25) is 0 Å². The molecule has 1 aromatic carbocycles. The Kier molecular flexibility index (Phi) is 2.91. The SMILES string of the molecule is Cc1nc(-c2ccc(Br)cc2)sc1Cl. The average Bonchev–Trinajstić information content (AvgIpc) is 2.48. The Hall–Kier alpha value is -0.380. The fraction of sp³-hybridized carbons (Fsp3) is 0.100. The summed E-state index contributed by atoms with van der Waals surface area (Å²) in [7, 11) is 0. The van der Waals surface area contributed by atoms with Crippen molar-refractivity contribution in [2.75, 3.05) is 0 Å². The number of benzene rings is 1. The number of thiazole rings is 1. The van der Waals surface area contributed by atoms with Crippen LogP contribution in [0.5, 0.6) is 0 Å². The van der Waals surface area contributed by atoms with Gasteiger partial charge in [0, 0.05) is 10.0 Å². The summed E-state index contributed by atoms with van der Waals surface area (Å²) in [6.07, 6.45) is 0. The summed E-state index contributed by atoms with van der Waals surface area (Å²) >= 11 is 10.9. The second-order valence-electron chi connectivity index (χ2n) is 2.89. The highest BCUT2D eigenvalue weighted by Crippen LogP contribution is 2.31. The van der Waals surface area contributed by atoms with Crippen LogP contribution in [0.25, 0.3) is 10.6 Å². The van der Waals surface area contributed by atoms with E-state index >= 15 is 0 Å². The number of nitrogens with zero attached hydrogens (tertiary/aromatic N) is 1. The molecule has 0 aliphatic carbocycles. The third-order valence-electron chi connectivity index (χ3n) is 1.83. The fourth-order valence-electron chi connectivity index (χ4n) is 1.09. The van der Waals surface area contributed by atoms with Gasteiger partial charge in [0.1, 0.15) is 9.34 Å². The molecule has 0 bridgehead atoms. The Bertz CT molecular complexity index is 430. The molecule has 0 spiro atoms. The first-order chi connectivity index (χ1) is 6.66. The van der Waals surface area contributed by atoms with E-state index in [9.17, 15) is 0 Å². The van der Waals surface area contributed by atoms with E-state index in [0.717, 1.165) is 25.1 Å². The predicted molar refractivity (Wildman–Crippen MR) is 65.0 cm³/mol. The van der Waals surface area contributed by atoms with Gasteiger partial charge in [0.15, 0.2) is 0 Å². The van der Waals surface area contributed by atoms with Crippen LogP contribution in [0.4, 0.5) is 0 Å². The molecule has 72 valence electrons. The van der Waals surface area contributed by atoms with Crippen LogP contribution in [-0.4, -0.2) is 4.98 Å². The fourth-order valence-corrected chi connectivity index (χ4v) is 2.42. The Balaban J connectivity index is 2.44. The molecule has 1 heterocycles. The predicted octanol–water partition coefficient (Wildman–Crippen LogP) is 4.53. The van der Waals surface area contributed by atoms with Gasteiger partial charge in [0.25, 0.3) is 0 Å². The van der Waals surface area contributed by atoms with Crippen molar-refractivity contribution < 1.29 is 0 Å². The van der Waals surface area contributed by atoms with E-state index in [1.54, 1.807) is 0 Å². The zero-order valence-corrected chi connectivity index (χ0v) is 10.6. The lowest BCUT2D eigenvalue weighted by Gasteiger charge is -1.95. The monoisotopic (exact) mass is 287 g/mol. The molecule has 1 aromatic heterocycles. The molecule has 0 fully saturated rings. The molecule has 0 radical (unpaired) electrons.